The van der Waals surface area contributed by atoms with Crippen LogP contribution < -0.4 is 10.1 Å². The molecule has 1 unspecified atom stereocenters. The summed E-state index contributed by atoms with van der Waals surface area (Å²) in [7, 11) is 0. The molecule has 0 aliphatic heterocycles. The molecular formula is C14H21NO. The standard InChI is InChI=1S/C14H21NO/c1-4-7-14(15-5-2)12-8-10-13(11-9-12)16-6-3/h4,8-11,14-15H,1,5-7H2,2-3H3. The summed E-state index contributed by atoms with van der Waals surface area (Å²) >= 11 is 0. The van der Waals surface area contributed by atoms with Crippen LogP contribution in [-0.2, 0) is 0 Å². The van der Waals surface area contributed by atoms with Crippen molar-refractivity contribution < 1.29 is 4.74 Å². The Balaban J connectivity index is 2.72. The largest absolute Gasteiger partial charge is 0.494 e. The van der Waals surface area contributed by atoms with Gasteiger partial charge in [-0.25, -0.2) is 0 Å². The summed E-state index contributed by atoms with van der Waals surface area (Å²) in [6.07, 6.45) is 2.89. The van der Waals surface area contributed by atoms with Crippen LogP contribution in [-0.4, -0.2) is 13.2 Å². The second kappa shape index (κ2) is 7.07. The zero-order valence-electron chi connectivity index (χ0n) is 10.2. The minimum Gasteiger partial charge on any atom is -0.494 e. The SMILES string of the molecule is C=CCC(NCC)c1ccc(OCC)cc1. The van der Waals surface area contributed by atoms with Crippen molar-refractivity contribution in [2.45, 2.75) is 26.3 Å². The Morgan fingerprint density at radius 3 is 2.50 bits per heavy atom. The van der Waals surface area contributed by atoms with Gasteiger partial charge in [-0.3, -0.25) is 0 Å². The molecule has 1 atom stereocenters. The summed E-state index contributed by atoms with van der Waals surface area (Å²) in [5.74, 6) is 0.931. The van der Waals surface area contributed by atoms with E-state index in [-0.39, 0.29) is 0 Å². The fourth-order valence-corrected chi connectivity index (χ4v) is 1.71. The second-order valence-corrected chi connectivity index (χ2v) is 3.64. The highest BCUT2D eigenvalue weighted by Gasteiger charge is 2.07. The molecule has 1 rings (SSSR count). The Kier molecular flexibility index (Phi) is 5.65. The Morgan fingerprint density at radius 1 is 1.31 bits per heavy atom. The van der Waals surface area contributed by atoms with Crippen molar-refractivity contribution in [1.82, 2.24) is 5.32 Å². The molecule has 0 amide bonds. The summed E-state index contributed by atoms with van der Waals surface area (Å²) in [6, 6.07) is 8.63. The lowest BCUT2D eigenvalue weighted by molar-refractivity contribution is 0.340. The second-order valence-electron chi connectivity index (χ2n) is 3.64. The van der Waals surface area contributed by atoms with Crippen LogP contribution in [0.3, 0.4) is 0 Å². The van der Waals surface area contributed by atoms with E-state index in [1.165, 1.54) is 5.56 Å². The summed E-state index contributed by atoms with van der Waals surface area (Å²) in [4.78, 5) is 0. The van der Waals surface area contributed by atoms with Gasteiger partial charge in [0.2, 0.25) is 0 Å². The van der Waals surface area contributed by atoms with Gasteiger partial charge in [0.1, 0.15) is 5.75 Å². The van der Waals surface area contributed by atoms with Crippen molar-refractivity contribution >= 4 is 0 Å². The van der Waals surface area contributed by atoms with E-state index in [2.05, 4.69) is 31.0 Å². The molecule has 0 spiro atoms. The van der Waals surface area contributed by atoms with E-state index in [4.69, 9.17) is 4.74 Å². The first-order chi connectivity index (χ1) is 7.81. The summed E-state index contributed by atoms with van der Waals surface area (Å²) in [5.41, 5.74) is 1.28. The maximum atomic E-state index is 5.42. The smallest absolute Gasteiger partial charge is 0.119 e. The Hall–Kier alpha value is -1.28. The van der Waals surface area contributed by atoms with E-state index in [0.29, 0.717) is 12.6 Å². The van der Waals surface area contributed by atoms with Crippen LogP contribution >= 0.6 is 0 Å². The van der Waals surface area contributed by atoms with Crippen LogP contribution in [0.2, 0.25) is 0 Å². The molecule has 1 aromatic rings. The van der Waals surface area contributed by atoms with E-state index in [9.17, 15) is 0 Å². The van der Waals surface area contributed by atoms with Gasteiger partial charge >= 0.3 is 0 Å². The van der Waals surface area contributed by atoms with Gasteiger partial charge in [0, 0.05) is 6.04 Å². The molecule has 0 radical (unpaired) electrons. The molecule has 0 fully saturated rings. The molecule has 0 saturated heterocycles. The summed E-state index contributed by atoms with van der Waals surface area (Å²) in [5, 5.41) is 3.44. The van der Waals surface area contributed by atoms with Gasteiger partial charge in [0.15, 0.2) is 0 Å². The fourth-order valence-electron chi connectivity index (χ4n) is 1.71. The predicted octanol–water partition coefficient (Wildman–Crippen LogP) is 3.31. The van der Waals surface area contributed by atoms with Gasteiger partial charge in [-0.15, -0.1) is 6.58 Å². The van der Waals surface area contributed by atoms with E-state index in [1.54, 1.807) is 0 Å². The van der Waals surface area contributed by atoms with E-state index in [1.807, 2.05) is 25.1 Å². The van der Waals surface area contributed by atoms with Crippen LogP contribution in [0.5, 0.6) is 5.75 Å². The molecule has 2 heteroatoms. The maximum Gasteiger partial charge on any atom is 0.119 e. The first kappa shape index (κ1) is 12.8. The minimum absolute atomic E-state index is 0.359. The van der Waals surface area contributed by atoms with Crippen LogP contribution in [0.25, 0.3) is 0 Å². The summed E-state index contributed by atoms with van der Waals surface area (Å²) < 4.78 is 5.42. The van der Waals surface area contributed by atoms with E-state index in [0.717, 1.165) is 18.7 Å². The van der Waals surface area contributed by atoms with Crippen molar-refractivity contribution in [3.05, 3.63) is 42.5 Å². The Labute approximate surface area is 98.3 Å². The number of rotatable bonds is 7. The third-order valence-electron chi connectivity index (χ3n) is 2.45. The predicted molar refractivity (Wildman–Crippen MR) is 68.8 cm³/mol. The lowest BCUT2D eigenvalue weighted by atomic mass is 10.0. The molecule has 1 aromatic carbocycles. The monoisotopic (exact) mass is 219 g/mol. The minimum atomic E-state index is 0.359. The lowest BCUT2D eigenvalue weighted by Gasteiger charge is -2.16. The van der Waals surface area contributed by atoms with Crippen LogP contribution in [0.1, 0.15) is 31.9 Å². The number of hydrogen-bond acceptors (Lipinski definition) is 2. The van der Waals surface area contributed by atoms with Crippen molar-refractivity contribution in [3.8, 4) is 5.75 Å². The molecule has 1 N–H and O–H groups in total. The van der Waals surface area contributed by atoms with Crippen LogP contribution in [0, 0.1) is 0 Å². The van der Waals surface area contributed by atoms with Crippen molar-refractivity contribution in [1.29, 1.82) is 0 Å². The van der Waals surface area contributed by atoms with E-state index >= 15 is 0 Å². The molecule has 88 valence electrons. The molecule has 0 saturated carbocycles. The van der Waals surface area contributed by atoms with Crippen molar-refractivity contribution in [2.24, 2.45) is 0 Å². The fraction of sp³-hybridized carbons (Fsp3) is 0.429. The average molecular weight is 219 g/mol. The highest BCUT2D eigenvalue weighted by molar-refractivity contribution is 5.29. The average Bonchev–Trinajstić information content (AvgIpc) is 2.30. The molecule has 0 aromatic heterocycles. The summed E-state index contributed by atoms with van der Waals surface area (Å²) in [6.45, 7) is 9.57. The molecule has 0 bridgehead atoms. The number of nitrogens with one attached hydrogen (secondary N) is 1. The maximum absolute atomic E-state index is 5.42. The topological polar surface area (TPSA) is 21.3 Å². The molecule has 0 heterocycles. The first-order valence-corrected chi connectivity index (χ1v) is 5.88. The highest BCUT2D eigenvalue weighted by Crippen LogP contribution is 2.20. The lowest BCUT2D eigenvalue weighted by Crippen LogP contribution is -2.20. The number of benzene rings is 1. The molecule has 2 nitrogen and oxygen atoms in total. The normalized spacial score (nSPS) is 12.1. The molecular weight excluding hydrogens is 198 g/mol. The van der Waals surface area contributed by atoms with Gasteiger partial charge in [-0.05, 0) is 37.6 Å². The van der Waals surface area contributed by atoms with E-state index < -0.39 is 0 Å². The van der Waals surface area contributed by atoms with Crippen LogP contribution in [0.4, 0.5) is 0 Å². The molecule has 0 aliphatic carbocycles. The van der Waals surface area contributed by atoms with Crippen molar-refractivity contribution in [2.75, 3.05) is 13.2 Å². The van der Waals surface area contributed by atoms with Crippen LogP contribution in [0.15, 0.2) is 36.9 Å². The quantitative estimate of drug-likeness (QED) is 0.710. The van der Waals surface area contributed by atoms with Gasteiger partial charge < -0.3 is 10.1 Å². The third-order valence-corrected chi connectivity index (χ3v) is 2.45. The number of ether oxygens (including phenoxy) is 1. The van der Waals surface area contributed by atoms with Gasteiger partial charge in [0.05, 0.1) is 6.61 Å². The Bertz CT molecular complexity index is 305. The van der Waals surface area contributed by atoms with Gasteiger partial charge in [0.25, 0.3) is 0 Å². The van der Waals surface area contributed by atoms with Gasteiger partial charge in [-0.2, -0.15) is 0 Å². The highest BCUT2D eigenvalue weighted by atomic mass is 16.5. The number of hydrogen-bond donors (Lipinski definition) is 1. The first-order valence-electron chi connectivity index (χ1n) is 5.88. The zero-order valence-corrected chi connectivity index (χ0v) is 10.2. The third kappa shape index (κ3) is 3.70. The van der Waals surface area contributed by atoms with Crippen molar-refractivity contribution in [3.63, 3.8) is 0 Å². The molecule has 0 aliphatic rings. The zero-order chi connectivity index (χ0) is 11.8. The molecule has 16 heavy (non-hydrogen) atoms. The Morgan fingerprint density at radius 2 is 2.00 bits per heavy atom. The van der Waals surface area contributed by atoms with Gasteiger partial charge in [-0.1, -0.05) is 25.1 Å².